The van der Waals surface area contributed by atoms with E-state index in [9.17, 15) is 4.79 Å². The third kappa shape index (κ3) is 0.863. The number of hydrogen-bond donors (Lipinski definition) is 1. The molecule has 0 atom stereocenters. The number of hydrogen-bond acceptors (Lipinski definition) is 2. The van der Waals surface area contributed by atoms with Crippen molar-refractivity contribution in [3.05, 3.63) is 23.8 Å². The van der Waals surface area contributed by atoms with Crippen LogP contribution in [-0.2, 0) is 11.2 Å². The third-order valence-electron chi connectivity index (χ3n) is 2.14. The lowest BCUT2D eigenvalue weighted by molar-refractivity contribution is -0.117. The number of aromatic hydroxyl groups is 1. The van der Waals surface area contributed by atoms with Gasteiger partial charge in [0.25, 0.3) is 0 Å². The highest BCUT2D eigenvalue weighted by Crippen LogP contribution is 2.29. The molecule has 0 saturated heterocycles. The lowest BCUT2D eigenvalue weighted by Crippen LogP contribution is -2.20. The second-order valence-electron chi connectivity index (χ2n) is 2.94. The summed E-state index contributed by atoms with van der Waals surface area (Å²) in [6, 6.07) is 4.99. The largest absolute Gasteiger partial charge is 0.508 e. The van der Waals surface area contributed by atoms with Gasteiger partial charge in [-0.1, -0.05) is 0 Å². The summed E-state index contributed by atoms with van der Waals surface area (Å²) in [5, 5.41) is 9.14. The second kappa shape index (κ2) is 2.24. The zero-order valence-corrected chi connectivity index (χ0v) is 6.74. The first-order chi connectivity index (χ1) is 5.68. The van der Waals surface area contributed by atoms with E-state index in [1.807, 2.05) is 0 Å². The lowest BCUT2D eigenvalue weighted by atomic mass is 10.1. The van der Waals surface area contributed by atoms with Crippen molar-refractivity contribution in [1.29, 1.82) is 0 Å². The van der Waals surface area contributed by atoms with Crippen LogP contribution in [0, 0.1) is 0 Å². The molecule has 1 aliphatic rings. The standard InChI is InChI=1S/C9H9NO2/c1-10-8-3-2-7(11)4-6(8)5-9(10)12/h2-4,11H,5H2,1H3. The van der Waals surface area contributed by atoms with E-state index in [4.69, 9.17) is 5.11 Å². The molecule has 1 N–H and O–H groups in total. The summed E-state index contributed by atoms with van der Waals surface area (Å²) in [6.45, 7) is 0. The first kappa shape index (κ1) is 7.16. The van der Waals surface area contributed by atoms with Crippen LogP contribution < -0.4 is 4.90 Å². The van der Waals surface area contributed by atoms with E-state index in [0.29, 0.717) is 6.42 Å². The van der Waals surface area contributed by atoms with Crippen molar-refractivity contribution in [3.8, 4) is 5.75 Å². The van der Waals surface area contributed by atoms with Crippen LogP contribution in [0.4, 0.5) is 5.69 Å². The number of rotatable bonds is 0. The van der Waals surface area contributed by atoms with E-state index in [2.05, 4.69) is 0 Å². The van der Waals surface area contributed by atoms with Gasteiger partial charge in [-0.05, 0) is 23.8 Å². The molecular formula is C9H9NO2. The van der Waals surface area contributed by atoms with Crippen LogP contribution in [0.3, 0.4) is 0 Å². The van der Waals surface area contributed by atoms with Gasteiger partial charge in [-0.25, -0.2) is 0 Å². The molecule has 1 amide bonds. The van der Waals surface area contributed by atoms with Crippen molar-refractivity contribution in [2.24, 2.45) is 0 Å². The number of carbonyl (C=O) groups excluding carboxylic acids is 1. The molecule has 0 aliphatic carbocycles. The minimum absolute atomic E-state index is 0.0793. The zero-order valence-electron chi connectivity index (χ0n) is 6.74. The van der Waals surface area contributed by atoms with E-state index in [-0.39, 0.29) is 11.7 Å². The predicted octanol–water partition coefficient (Wildman–Crippen LogP) is 0.911. The Hall–Kier alpha value is -1.51. The van der Waals surface area contributed by atoms with Gasteiger partial charge >= 0.3 is 0 Å². The minimum Gasteiger partial charge on any atom is -0.508 e. The fourth-order valence-electron chi connectivity index (χ4n) is 1.46. The summed E-state index contributed by atoms with van der Waals surface area (Å²) >= 11 is 0. The fraction of sp³-hybridized carbons (Fsp3) is 0.222. The quantitative estimate of drug-likeness (QED) is 0.617. The molecule has 1 aromatic rings. The Kier molecular flexibility index (Phi) is 1.33. The van der Waals surface area contributed by atoms with E-state index in [1.54, 1.807) is 30.1 Å². The molecule has 3 heteroatoms. The van der Waals surface area contributed by atoms with Gasteiger partial charge in [-0.15, -0.1) is 0 Å². The van der Waals surface area contributed by atoms with Gasteiger partial charge in [0.15, 0.2) is 0 Å². The topological polar surface area (TPSA) is 40.5 Å². The molecule has 1 aliphatic heterocycles. The number of likely N-dealkylation sites (N-methyl/N-ethyl adjacent to an activating group) is 1. The van der Waals surface area contributed by atoms with Crippen LogP contribution >= 0.6 is 0 Å². The molecule has 62 valence electrons. The number of amides is 1. The van der Waals surface area contributed by atoms with Gasteiger partial charge in [0.1, 0.15) is 5.75 Å². The van der Waals surface area contributed by atoms with Gasteiger partial charge in [0, 0.05) is 12.7 Å². The molecular weight excluding hydrogens is 154 g/mol. The lowest BCUT2D eigenvalue weighted by Gasteiger charge is -2.08. The molecule has 12 heavy (non-hydrogen) atoms. The molecule has 0 unspecified atom stereocenters. The van der Waals surface area contributed by atoms with E-state index < -0.39 is 0 Å². The maximum atomic E-state index is 11.2. The molecule has 2 rings (SSSR count). The summed E-state index contributed by atoms with van der Waals surface area (Å²) in [6.07, 6.45) is 0.403. The molecule has 0 saturated carbocycles. The summed E-state index contributed by atoms with van der Waals surface area (Å²) in [4.78, 5) is 12.8. The van der Waals surface area contributed by atoms with Crippen LogP contribution in [-0.4, -0.2) is 18.1 Å². The molecule has 1 heterocycles. The van der Waals surface area contributed by atoms with Crippen molar-refractivity contribution in [2.45, 2.75) is 6.42 Å². The van der Waals surface area contributed by atoms with Crippen molar-refractivity contribution in [1.82, 2.24) is 0 Å². The number of phenolic OH excluding ortho intramolecular Hbond substituents is 1. The van der Waals surface area contributed by atoms with E-state index >= 15 is 0 Å². The highest BCUT2D eigenvalue weighted by atomic mass is 16.3. The van der Waals surface area contributed by atoms with Crippen LogP contribution in [0.25, 0.3) is 0 Å². The number of fused-ring (bicyclic) bond motifs is 1. The molecule has 1 aromatic carbocycles. The van der Waals surface area contributed by atoms with E-state index in [1.165, 1.54) is 0 Å². The van der Waals surface area contributed by atoms with Gasteiger partial charge in [-0.2, -0.15) is 0 Å². The molecule has 0 fully saturated rings. The Morgan fingerprint density at radius 2 is 2.25 bits per heavy atom. The summed E-state index contributed by atoms with van der Waals surface area (Å²) < 4.78 is 0. The van der Waals surface area contributed by atoms with Gasteiger partial charge in [-0.3, -0.25) is 4.79 Å². The summed E-state index contributed by atoms with van der Waals surface area (Å²) in [5.41, 5.74) is 1.81. The number of carbonyl (C=O) groups is 1. The van der Waals surface area contributed by atoms with Crippen LogP contribution in [0.15, 0.2) is 18.2 Å². The monoisotopic (exact) mass is 163 g/mol. The van der Waals surface area contributed by atoms with Gasteiger partial charge in [0.2, 0.25) is 5.91 Å². The van der Waals surface area contributed by atoms with Crippen molar-refractivity contribution < 1.29 is 9.90 Å². The maximum absolute atomic E-state index is 11.2. The van der Waals surface area contributed by atoms with E-state index in [0.717, 1.165) is 11.3 Å². The smallest absolute Gasteiger partial charge is 0.231 e. The Morgan fingerprint density at radius 1 is 1.50 bits per heavy atom. The number of nitrogens with zero attached hydrogens (tertiary/aromatic N) is 1. The molecule has 0 radical (unpaired) electrons. The Morgan fingerprint density at radius 3 is 3.00 bits per heavy atom. The molecule has 0 bridgehead atoms. The number of benzene rings is 1. The predicted molar refractivity (Wildman–Crippen MR) is 45.2 cm³/mol. The highest BCUT2D eigenvalue weighted by molar-refractivity contribution is 6.01. The Labute approximate surface area is 70.2 Å². The average Bonchev–Trinajstić information content (AvgIpc) is 2.28. The van der Waals surface area contributed by atoms with Gasteiger partial charge < -0.3 is 10.0 Å². The van der Waals surface area contributed by atoms with Crippen LogP contribution in [0.2, 0.25) is 0 Å². The van der Waals surface area contributed by atoms with Gasteiger partial charge in [0.05, 0.1) is 6.42 Å². The van der Waals surface area contributed by atoms with Crippen molar-refractivity contribution in [3.63, 3.8) is 0 Å². The second-order valence-corrected chi connectivity index (χ2v) is 2.94. The molecule has 0 aromatic heterocycles. The summed E-state index contributed by atoms with van der Waals surface area (Å²) in [5.74, 6) is 0.299. The third-order valence-corrected chi connectivity index (χ3v) is 2.14. The molecule has 3 nitrogen and oxygen atoms in total. The van der Waals surface area contributed by atoms with Crippen LogP contribution in [0.5, 0.6) is 5.75 Å². The van der Waals surface area contributed by atoms with Crippen molar-refractivity contribution in [2.75, 3.05) is 11.9 Å². The average molecular weight is 163 g/mol. The zero-order chi connectivity index (χ0) is 8.72. The maximum Gasteiger partial charge on any atom is 0.231 e. The summed E-state index contributed by atoms with van der Waals surface area (Å²) in [7, 11) is 1.74. The van der Waals surface area contributed by atoms with Crippen molar-refractivity contribution >= 4 is 11.6 Å². The first-order valence-electron chi connectivity index (χ1n) is 3.77. The van der Waals surface area contributed by atoms with Crippen LogP contribution in [0.1, 0.15) is 5.56 Å². The SMILES string of the molecule is CN1C(=O)Cc2cc(O)ccc21. The first-order valence-corrected chi connectivity index (χ1v) is 3.77. The normalized spacial score (nSPS) is 15.1. The molecule has 0 spiro atoms. The fourth-order valence-corrected chi connectivity index (χ4v) is 1.46. The minimum atomic E-state index is 0.0793. The Balaban J connectivity index is 2.54. The number of anilines is 1. The number of phenols is 1. The highest BCUT2D eigenvalue weighted by Gasteiger charge is 2.23. The Bertz CT molecular complexity index is 346.